The Labute approximate surface area is 247 Å². The largest absolute Gasteiger partial charge is 0.398 e. The van der Waals surface area contributed by atoms with E-state index < -0.39 is 11.8 Å². The number of hydrogen-bond donors (Lipinski definition) is 1. The molecule has 3 aromatic carbocycles. The van der Waals surface area contributed by atoms with Crippen LogP contribution in [0.1, 0.15) is 26.4 Å². The van der Waals surface area contributed by atoms with Gasteiger partial charge < -0.3 is 20.4 Å². The summed E-state index contributed by atoms with van der Waals surface area (Å²) in [6.07, 6.45) is 0. The highest BCUT2D eigenvalue weighted by molar-refractivity contribution is 7.22. The Hall–Kier alpha value is -4.88. The second kappa shape index (κ2) is 10.2. The molecule has 1 saturated heterocycles. The minimum atomic E-state index is -0.391. The average Bonchev–Trinajstić information content (AvgIpc) is 3.64. The van der Waals surface area contributed by atoms with Crippen LogP contribution in [0.25, 0.3) is 21.0 Å². The van der Waals surface area contributed by atoms with Gasteiger partial charge in [0.15, 0.2) is 10.8 Å². The van der Waals surface area contributed by atoms with E-state index in [-0.39, 0.29) is 11.6 Å². The lowest BCUT2D eigenvalue weighted by Gasteiger charge is -2.37. The normalized spacial score (nSPS) is 15.6. The van der Waals surface area contributed by atoms with Gasteiger partial charge in [-0.2, -0.15) is 0 Å². The Morgan fingerprint density at radius 1 is 0.952 bits per heavy atom. The van der Waals surface area contributed by atoms with Crippen LogP contribution >= 0.6 is 22.7 Å². The highest BCUT2D eigenvalue weighted by Gasteiger charge is 2.37. The Morgan fingerprint density at radius 3 is 2.43 bits per heavy atom. The molecule has 0 atom stereocenters. The quantitative estimate of drug-likeness (QED) is 0.183. The number of para-hydroxylation sites is 1. The van der Waals surface area contributed by atoms with Crippen LogP contribution in [0.2, 0.25) is 0 Å². The lowest BCUT2D eigenvalue weighted by atomic mass is 9.93. The number of aromatic nitrogens is 2. The standard InChI is InChI=1S/C29H23N7O4S2/c1-40-33-24(20-15-41-28(30)31-20)27(39)35-13-11-34(12-14-35)21-10-9-18-23-16(21)5-4-6-17(23)25(37)36(26(18)38)29-32-19-7-2-3-8-22(19)42-29/h2-10,15H,11-14H2,1H3,(H2,30,31)/b33-24-. The highest BCUT2D eigenvalue weighted by Crippen LogP contribution is 2.39. The van der Waals surface area contributed by atoms with Crippen LogP contribution in [0.3, 0.4) is 0 Å². The Morgan fingerprint density at radius 2 is 1.71 bits per heavy atom. The maximum Gasteiger partial charge on any atom is 0.278 e. The Balaban J connectivity index is 1.17. The van der Waals surface area contributed by atoms with Crippen molar-refractivity contribution < 1.29 is 19.2 Å². The maximum absolute atomic E-state index is 13.7. The lowest BCUT2D eigenvalue weighted by Crippen LogP contribution is -2.51. The number of piperazine rings is 1. The van der Waals surface area contributed by atoms with Gasteiger partial charge in [-0.05, 0) is 30.3 Å². The van der Waals surface area contributed by atoms with Crippen molar-refractivity contribution in [2.45, 2.75) is 0 Å². The van der Waals surface area contributed by atoms with E-state index in [9.17, 15) is 14.4 Å². The first-order chi connectivity index (χ1) is 20.4. The Bertz CT molecular complexity index is 1890. The van der Waals surface area contributed by atoms with Gasteiger partial charge in [0.05, 0.1) is 10.2 Å². The van der Waals surface area contributed by atoms with Gasteiger partial charge in [0.2, 0.25) is 5.13 Å². The smallest absolute Gasteiger partial charge is 0.278 e. The third-order valence-electron chi connectivity index (χ3n) is 7.42. The molecule has 0 spiro atoms. The zero-order chi connectivity index (χ0) is 29.0. The number of thiazole rings is 2. The predicted octanol–water partition coefficient (Wildman–Crippen LogP) is 3.99. The lowest BCUT2D eigenvalue weighted by molar-refractivity contribution is -0.124. The predicted molar refractivity (Wildman–Crippen MR) is 164 cm³/mol. The molecule has 1 fully saturated rings. The summed E-state index contributed by atoms with van der Waals surface area (Å²) in [6, 6.07) is 16.8. The maximum atomic E-state index is 13.7. The van der Waals surface area contributed by atoms with Gasteiger partial charge in [0.1, 0.15) is 12.8 Å². The molecule has 4 heterocycles. The molecule has 0 radical (unpaired) electrons. The monoisotopic (exact) mass is 597 g/mol. The summed E-state index contributed by atoms with van der Waals surface area (Å²) in [4.78, 5) is 59.4. The molecule has 2 aromatic heterocycles. The van der Waals surface area contributed by atoms with E-state index in [1.807, 2.05) is 42.5 Å². The molecule has 13 heteroatoms. The third-order valence-corrected chi connectivity index (χ3v) is 9.11. The van der Waals surface area contributed by atoms with Crippen LogP contribution in [0, 0.1) is 0 Å². The molecule has 42 heavy (non-hydrogen) atoms. The number of anilines is 3. The summed E-state index contributed by atoms with van der Waals surface area (Å²) in [7, 11) is 1.38. The van der Waals surface area contributed by atoms with E-state index in [0.29, 0.717) is 58.6 Å². The first kappa shape index (κ1) is 26.0. The number of nitrogens with zero attached hydrogens (tertiary/aromatic N) is 6. The molecule has 2 aliphatic rings. The van der Waals surface area contributed by atoms with E-state index in [0.717, 1.165) is 21.3 Å². The van der Waals surface area contributed by atoms with Crippen LogP contribution in [-0.4, -0.2) is 71.6 Å². The van der Waals surface area contributed by atoms with Gasteiger partial charge >= 0.3 is 0 Å². The number of fused-ring (bicyclic) bond motifs is 1. The first-order valence-electron chi connectivity index (χ1n) is 13.1. The first-order valence-corrected chi connectivity index (χ1v) is 14.8. The summed E-state index contributed by atoms with van der Waals surface area (Å²) >= 11 is 2.54. The summed E-state index contributed by atoms with van der Waals surface area (Å²) in [5.74, 6) is -1.07. The molecule has 0 bridgehead atoms. The van der Waals surface area contributed by atoms with Crippen LogP contribution in [0.5, 0.6) is 0 Å². The Kier molecular flexibility index (Phi) is 6.32. The number of hydrogen-bond acceptors (Lipinski definition) is 11. The zero-order valence-electron chi connectivity index (χ0n) is 22.3. The van der Waals surface area contributed by atoms with Crippen LogP contribution in [0.4, 0.5) is 16.0 Å². The topological polar surface area (TPSA) is 134 Å². The number of carbonyl (C=O) groups is 3. The van der Waals surface area contributed by atoms with Gasteiger partial charge in [0.25, 0.3) is 17.7 Å². The van der Waals surface area contributed by atoms with E-state index in [1.54, 1.807) is 22.4 Å². The summed E-state index contributed by atoms with van der Waals surface area (Å²) in [5, 5.41) is 7.75. The average molecular weight is 598 g/mol. The second-order valence-corrected chi connectivity index (χ2v) is 11.6. The van der Waals surface area contributed by atoms with Crippen molar-refractivity contribution in [3.05, 3.63) is 76.8 Å². The summed E-state index contributed by atoms with van der Waals surface area (Å²) in [6.45, 7) is 1.97. The van der Waals surface area contributed by atoms with Crippen molar-refractivity contribution >= 4 is 83.0 Å². The van der Waals surface area contributed by atoms with Crippen molar-refractivity contribution in [2.75, 3.05) is 48.8 Å². The summed E-state index contributed by atoms with van der Waals surface area (Å²) < 4.78 is 0.904. The van der Waals surface area contributed by atoms with Gasteiger partial charge in [-0.3, -0.25) is 14.4 Å². The number of carbonyl (C=O) groups excluding carboxylic acids is 3. The number of imide groups is 1. The molecular formula is C29H23N7O4S2. The number of nitrogens with two attached hydrogens (primary N) is 1. The molecule has 2 aliphatic heterocycles. The van der Waals surface area contributed by atoms with Crippen molar-refractivity contribution in [1.29, 1.82) is 0 Å². The number of oxime groups is 1. The highest BCUT2D eigenvalue weighted by atomic mass is 32.1. The van der Waals surface area contributed by atoms with Crippen LogP contribution < -0.4 is 15.5 Å². The van der Waals surface area contributed by atoms with Gasteiger partial charge in [0, 0.05) is 59.1 Å². The van der Waals surface area contributed by atoms with Gasteiger partial charge in [-0.15, -0.1) is 11.3 Å². The van der Waals surface area contributed by atoms with E-state index in [4.69, 9.17) is 10.6 Å². The van der Waals surface area contributed by atoms with Crippen LogP contribution in [-0.2, 0) is 9.63 Å². The van der Waals surface area contributed by atoms with Crippen LogP contribution in [0.15, 0.2) is 65.1 Å². The minimum absolute atomic E-state index is 0.107. The minimum Gasteiger partial charge on any atom is -0.398 e. The molecular weight excluding hydrogens is 574 g/mol. The fourth-order valence-corrected chi connectivity index (χ4v) is 6.98. The fourth-order valence-electron chi connectivity index (χ4n) is 5.47. The van der Waals surface area contributed by atoms with Crippen molar-refractivity contribution in [3.63, 3.8) is 0 Å². The summed E-state index contributed by atoms with van der Waals surface area (Å²) in [5.41, 5.74) is 8.80. The molecule has 3 amide bonds. The molecule has 0 unspecified atom stereocenters. The molecule has 11 nitrogen and oxygen atoms in total. The molecule has 0 saturated carbocycles. The van der Waals surface area contributed by atoms with E-state index in [2.05, 4.69) is 20.0 Å². The molecule has 5 aromatic rings. The number of benzene rings is 3. The van der Waals surface area contributed by atoms with E-state index >= 15 is 0 Å². The molecule has 0 aliphatic carbocycles. The molecule has 2 N–H and O–H groups in total. The third kappa shape index (κ3) is 4.16. The number of nitrogen functional groups attached to an aromatic ring is 1. The van der Waals surface area contributed by atoms with Crippen molar-refractivity contribution in [2.24, 2.45) is 5.16 Å². The van der Waals surface area contributed by atoms with Gasteiger partial charge in [-0.25, -0.2) is 14.9 Å². The number of amides is 3. The second-order valence-electron chi connectivity index (χ2n) is 9.74. The number of rotatable bonds is 5. The molecule has 210 valence electrons. The van der Waals surface area contributed by atoms with E-state index in [1.165, 1.54) is 34.7 Å². The zero-order valence-corrected chi connectivity index (χ0v) is 23.9. The fraction of sp³-hybridized carbons (Fsp3) is 0.172. The SMILES string of the molecule is CO/N=C(\C(=O)N1CCN(c2ccc3c4c(cccc24)C(=O)N(c2nc4ccccc4s2)C3=O)CC1)c1csc(N)n1. The van der Waals surface area contributed by atoms with Crippen molar-refractivity contribution in [1.82, 2.24) is 14.9 Å². The van der Waals surface area contributed by atoms with Crippen molar-refractivity contribution in [3.8, 4) is 0 Å². The van der Waals surface area contributed by atoms with Gasteiger partial charge in [-0.1, -0.05) is 40.8 Å². The molecule has 7 rings (SSSR count).